The van der Waals surface area contributed by atoms with Gasteiger partial charge in [0.1, 0.15) is 0 Å². The average molecular weight is 281 g/mol. The van der Waals surface area contributed by atoms with Crippen molar-refractivity contribution in [2.45, 2.75) is 38.5 Å². The molecule has 2 rings (SSSR count). The Morgan fingerprint density at radius 1 is 0.857 bits per heavy atom. The largest absolute Gasteiger partial charge is 0.237 e. The lowest BCUT2D eigenvalue weighted by Gasteiger charge is -2.26. The Morgan fingerprint density at radius 3 is 2.05 bits per heavy atom. The molecule has 2 atom stereocenters. The summed E-state index contributed by atoms with van der Waals surface area (Å²) in [7, 11) is 0. The van der Waals surface area contributed by atoms with Crippen molar-refractivity contribution in [2.75, 3.05) is 6.61 Å². The maximum absolute atomic E-state index is 11.1. The maximum Gasteiger partial charge on any atom is 0.0825 e. The first kappa shape index (κ1) is 15.8. The number of aryl methyl sites for hydroxylation is 1. The van der Waals surface area contributed by atoms with Gasteiger partial charge < -0.3 is 0 Å². The molecule has 2 unspecified atom stereocenters. The highest BCUT2D eigenvalue weighted by Crippen LogP contribution is 2.33. The van der Waals surface area contributed by atoms with Crippen LogP contribution in [0.25, 0.3) is 0 Å². The van der Waals surface area contributed by atoms with Crippen LogP contribution in [0.1, 0.15) is 43.2 Å². The molecule has 0 heterocycles. The summed E-state index contributed by atoms with van der Waals surface area (Å²) in [5.74, 6) is 0.985. The van der Waals surface area contributed by atoms with Gasteiger partial charge in [-0.1, -0.05) is 74.0 Å². The summed E-state index contributed by atoms with van der Waals surface area (Å²) in [6, 6.07) is 21.3. The van der Waals surface area contributed by atoms with Crippen molar-refractivity contribution in [3.63, 3.8) is 0 Å². The molecule has 0 aliphatic rings. The van der Waals surface area contributed by atoms with E-state index in [-0.39, 0.29) is 6.61 Å². The van der Waals surface area contributed by atoms with E-state index in [9.17, 15) is 5.11 Å². The van der Waals surface area contributed by atoms with Crippen LogP contribution in [0.2, 0.25) is 0 Å². The molecule has 1 heteroatoms. The second-order valence-corrected chi connectivity index (χ2v) is 5.70. The minimum Gasteiger partial charge on any atom is -0.237 e. The monoisotopic (exact) mass is 281 g/mol. The van der Waals surface area contributed by atoms with Gasteiger partial charge in [0, 0.05) is 0 Å². The van der Waals surface area contributed by atoms with E-state index in [1.54, 1.807) is 0 Å². The summed E-state index contributed by atoms with van der Waals surface area (Å²) in [6.07, 6.45) is 4.06. The minimum absolute atomic E-state index is 0.0349. The van der Waals surface area contributed by atoms with Gasteiger partial charge in [0.2, 0.25) is 0 Å². The first-order valence-corrected chi connectivity index (χ1v) is 8.02. The van der Waals surface area contributed by atoms with Crippen LogP contribution in [0.4, 0.5) is 0 Å². The van der Waals surface area contributed by atoms with Gasteiger partial charge in [-0.05, 0) is 42.2 Å². The molecule has 111 valence electrons. The third kappa shape index (κ3) is 4.71. The highest BCUT2D eigenvalue weighted by molar-refractivity contribution is 5.22. The van der Waals surface area contributed by atoms with Crippen LogP contribution in [0.5, 0.6) is 0 Å². The third-order valence-electron chi connectivity index (χ3n) is 4.40. The molecule has 0 amide bonds. The van der Waals surface area contributed by atoms with Crippen molar-refractivity contribution >= 4 is 0 Å². The first-order valence-electron chi connectivity index (χ1n) is 8.02. The molecule has 0 aliphatic carbocycles. The van der Waals surface area contributed by atoms with E-state index in [1.165, 1.54) is 11.1 Å². The van der Waals surface area contributed by atoms with Crippen LogP contribution in [0.3, 0.4) is 0 Å². The molecule has 0 N–H and O–H groups in total. The van der Waals surface area contributed by atoms with Gasteiger partial charge in [-0.25, -0.2) is 5.11 Å². The summed E-state index contributed by atoms with van der Waals surface area (Å²) in [5, 5.41) is 11.1. The van der Waals surface area contributed by atoms with Gasteiger partial charge in [0.25, 0.3) is 0 Å². The quantitative estimate of drug-likeness (QED) is 0.630. The predicted molar refractivity (Wildman–Crippen MR) is 87.9 cm³/mol. The normalized spacial score (nSPS) is 13.8. The molecule has 2 aromatic carbocycles. The second kappa shape index (κ2) is 8.63. The lowest BCUT2D eigenvalue weighted by Crippen LogP contribution is -2.15. The fourth-order valence-electron chi connectivity index (χ4n) is 3.18. The van der Waals surface area contributed by atoms with Gasteiger partial charge in [-0.3, -0.25) is 0 Å². The summed E-state index contributed by atoms with van der Waals surface area (Å²) in [4.78, 5) is 0. The van der Waals surface area contributed by atoms with Crippen molar-refractivity contribution < 1.29 is 5.11 Å². The Morgan fingerprint density at radius 2 is 1.48 bits per heavy atom. The Labute approximate surface area is 128 Å². The van der Waals surface area contributed by atoms with Crippen LogP contribution in [0, 0.1) is 5.92 Å². The van der Waals surface area contributed by atoms with E-state index in [0.717, 1.165) is 25.7 Å². The molecule has 0 fully saturated rings. The van der Waals surface area contributed by atoms with E-state index in [0.29, 0.717) is 11.8 Å². The Kier molecular flexibility index (Phi) is 6.49. The topological polar surface area (TPSA) is 19.9 Å². The van der Waals surface area contributed by atoms with Crippen LogP contribution in [-0.2, 0) is 11.5 Å². The van der Waals surface area contributed by atoms with E-state index in [1.807, 2.05) is 0 Å². The number of hydrogen-bond acceptors (Lipinski definition) is 0. The predicted octanol–water partition coefficient (Wildman–Crippen LogP) is 5.25. The highest BCUT2D eigenvalue weighted by atomic mass is 16.3. The van der Waals surface area contributed by atoms with Crippen LogP contribution < -0.4 is 0 Å². The lowest BCUT2D eigenvalue weighted by molar-refractivity contribution is 0.160. The van der Waals surface area contributed by atoms with Gasteiger partial charge in [0.05, 0.1) is 6.61 Å². The van der Waals surface area contributed by atoms with Gasteiger partial charge in [-0.2, -0.15) is 0 Å². The third-order valence-corrected chi connectivity index (χ3v) is 4.40. The number of rotatable bonds is 8. The SMILES string of the molecule is CCC(CC[O])C(CCc1ccccc1)c1ccccc1. The molecule has 1 nitrogen and oxygen atoms in total. The fourth-order valence-corrected chi connectivity index (χ4v) is 3.18. The van der Waals surface area contributed by atoms with Gasteiger partial charge in [0.15, 0.2) is 0 Å². The van der Waals surface area contributed by atoms with E-state index in [4.69, 9.17) is 0 Å². The number of benzene rings is 2. The van der Waals surface area contributed by atoms with Crippen LogP contribution >= 0.6 is 0 Å². The maximum atomic E-state index is 11.1. The van der Waals surface area contributed by atoms with Crippen molar-refractivity contribution in [3.05, 3.63) is 71.8 Å². The van der Waals surface area contributed by atoms with Crippen molar-refractivity contribution in [1.29, 1.82) is 0 Å². The molecule has 0 bridgehead atoms. The van der Waals surface area contributed by atoms with Crippen molar-refractivity contribution in [3.8, 4) is 0 Å². The molecule has 0 saturated heterocycles. The molecule has 21 heavy (non-hydrogen) atoms. The zero-order valence-corrected chi connectivity index (χ0v) is 12.9. The summed E-state index contributed by atoms with van der Waals surface area (Å²) < 4.78 is 0. The van der Waals surface area contributed by atoms with E-state index in [2.05, 4.69) is 67.6 Å². The standard InChI is InChI=1S/C20H25O/c1-2-18(15-16-21)20(19-11-7-4-8-12-19)14-13-17-9-5-3-6-10-17/h3-12,18,20H,2,13-16H2,1H3. The molecule has 0 aromatic heterocycles. The van der Waals surface area contributed by atoms with Gasteiger partial charge in [-0.15, -0.1) is 0 Å². The summed E-state index contributed by atoms with van der Waals surface area (Å²) >= 11 is 0. The zero-order chi connectivity index (χ0) is 14.9. The Balaban J connectivity index is 2.11. The molecule has 1 radical (unpaired) electrons. The first-order chi connectivity index (χ1) is 10.3. The van der Waals surface area contributed by atoms with E-state index >= 15 is 0 Å². The van der Waals surface area contributed by atoms with Gasteiger partial charge >= 0.3 is 0 Å². The van der Waals surface area contributed by atoms with Crippen molar-refractivity contribution in [1.82, 2.24) is 0 Å². The van der Waals surface area contributed by atoms with Crippen LogP contribution in [0.15, 0.2) is 60.7 Å². The average Bonchev–Trinajstić information content (AvgIpc) is 2.56. The fraction of sp³-hybridized carbons (Fsp3) is 0.400. The molecule has 0 saturated carbocycles. The summed E-state index contributed by atoms with van der Waals surface area (Å²) in [5.41, 5.74) is 2.77. The number of hydrogen-bond donors (Lipinski definition) is 0. The molecular formula is C20H25O. The second-order valence-electron chi connectivity index (χ2n) is 5.70. The Bertz CT molecular complexity index is 492. The summed E-state index contributed by atoms with van der Waals surface area (Å²) in [6.45, 7) is 2.24. The van der Waals surface area contributed by atoms with E-state index < -0.39 is 0 Å². The Hall–Kier alpha value is -1.60. The minimum atomic E-state index is 0.0349. The molecule has 0 spiro atoms. The lowest BCUT2D eigenvalue weighted by atomic mass is 9.79. The van der Waals surface area contributed by atoms with Crippen LogP contribution in [-0.4, -0.2) is 6.61 Å². The molecule has 2 aromatic rings. The van der Waals surface area contributed by atoms with Crippen molar-refractivity contribution in [2.24, 2.45) is 5.92 Å². The highest BCUT2D eigenvalue weighted by Gasteiger charge is 2.21. The molecular weight excluding hydrogens is 256 g/mol. The smallest absolute Gasteiger partial charge is 0.0825 e. The molecule has 0 aliphatic heterocycles. The zero-order valence-electron chi connectivity index (χ0n) is 12.9.